The van der Waals surface area contributed by atoms with Crippen molar-refractivity contribution in [3.8, 4) is 0 Å². The predicted molar refractivity (Wildman–Crippen MR) is 86.3 cm³/mol. The monoisotopic (exact) mass is 356 g/mol. The number of anilines is 1. The molecule has 0 radical (unpaired) electrons. The number of ether oxygens (including phenoxy) is 2. The lowest BCUT2D eigenvalue weighted by Gasteiger charge is -2.26. The predicted octanol–water partition coefficient (Wildman–Crippen LogP) is 3.59. The van der Waals surface area contributed by atoms with E-state index in [0.717, 1.165) is 18.7 Å². The molecule has 5 nitrogen and oxygen atoms in total. The number of pyridine rings is 1. The molecule has 0 aromatic carbocycles. The van der Waals surface area contributed by atoms with Crippen molar-refractivity contribution in [3.05, 3.63) is 47.2 Å². The van der Waals surface area contributed by atoms with Crippen molar-refractivity contribution in [3.63, 3.8) is 0 Å². The number of methoxy groups -OCH3 is 2. The molecule has 136 valence electrons. The third-order valence-electron chi connectivity index (χ3n) is 3.97. The fraction of sp³-hybridized carbons (Fsp3) is 0.412. The number of hydrogen-bond donors (Lipinski definition) is 1. The molecule has 1 aliphatic rings. The molecule has 1 atom stereocenters. The summed E-state index contributed by atoms with van der Waals surface area (Å²) in [7, 11) is 2.72. The highest BCUT2D eigenvalue weighted by atomic mass is 19.4. The summed E-state index contributed by atoms with van der Waals surface area (Å²) in [6.45, 7) is 2.25. The molecule has 0 fully saturated rings. The number of esters is 1. The van der Waals surface area contributed by atoms with Crippen molar-refractivity contribution >= 4 is 11.8 Å². The van der Waals surface area contributed by atoms with Gasteiger partial charge in [-0.15, -0.1) is 0 Å². The van der Waals surface area contributed by atoms with Crippen LogP contribution in [0.2, 0.25) is 0 Å². The van der Waals surface area contributed by atoms with Crippen LogP contribution in [0.3, 0.4) is 0 Å². The summed E-state index contributed by atoms with van der Waals surface area (Å²) in [5, 5.41) is 2.88. The quantitative estimate of drug-likeness (QED) is 0.817. The van der Waals surface area contributed by atoms with Crippen LogP contribution in [0.15, 0.2) is 36.1 Å². The Morgan fingerprint density at radius 3 is 2.64 bits per heavy atom. The zero-order chi connectivity index (χ0) is 18.7. The van der Waals surface area contributed by atoms with Crippen molar-refractivity contribution in [1.29, 1.82) is 0 Å². The van der Waals surface area contributed by atoms with E-state index in [9.17, 15) is 18.0 Å². The van der Waals surface area contributed by atoms with Gasteiger partial charge in [-0.2, -0.15) is 13.2 Å². The molecule has 0 saturated carbocycles. The minimum absolute atomic E-state index is 0.0363. The van der Waals surface area contributed by atoms with E-state index in [0.29, 0.717) is 19.2 Å². The maximum Gasteiger partial charge on any atom is 0.417 e. The molecule has 0 saturated heterocycles. The van der Waals surface area contributed by atoms with Crippen molar-refractivity contribution in [2.45, 2.75) is 25.1 Å². The summed E-state index contributed by atoms with van der Waals surface area (Å²) >= 11 is 0. The van der Waals surface area contributed by atoms with Gasteiger partial charge in [-0.05, 0) is 25.0 Å². The van der Waals surface area contributed by atoms with E-state index in [1.54, 1.807) is 7.11 Å². The summed E-state index contributed by atoms with van der Waals surface area (Å²) in [4.78, 5) is 15.5. The Kier molecular flexibility index (Phi) is 5.52. The van der Waals surface area contributed by atoms with Gasteiger partial charge in [-0.1, -0.05) is 18.2 Å². The number of nitrogens with one attached hydrogen (secondary N) is 1. The lowest BCUT2D eigenvalue weighted by molar-refractivity contribution is -0.137. The van der Waals surface area contributed by atoms with Crippen molar-refractivity contribution in [2.75, 3.05) is 26.1 Å². The van der Waals surface area contributed by atoms with Gasteiger partial charge < -0.3 is 14.8 Å². The van der Waals surface area contributed by atoms with Crippen LogP contribution in [0, 0.1) is 0 Å². The van der Waals surface area contributed by atoms with E-state index in [1.807, 2.05) is 25.2 Å². The topological polar surface area (TPSA) is 60.5 Å². The van der Waals surface area contributed by atoms with Crippen LogP contribution < -0.4 is 5.32 Å². The molecule has 1 aromatic rings. The van der Waals surface area contributed by atoms with Crippen LogP contribution in [0.25, 0.3) is 0 Å². The minimum Gasteiger partial charge on any atom is -0.465 e. The Hall–Kier alpha value is -2.35. The van der Waals surface area contributed by atoms with Gasteiger partial charge in [0.1, 0.15) is 11.4 Å². The first-order valence-electron chi connectivity index (χ1n) is 7.51. The summed E-state index contributed by atoms with van der Waals surface area (Å²) in [5.74, 6) is -0.851. The SMILES string of the molecule is COC(=O)c1cc(C(F)(F)F)cnc1NCC1=CCC(C)(OC)C=C1. The van der Waals surface area contributed by atoms with Gasteiger partial charge in [0.25, 0.3) is 0 Å². The molecule has 1 aromatic heterocycles. The Labute approximate surface area is 143 Å². The molecule has 2 rings (SSSR count). The van der Waals surface area contributed by atoms with Gasteiger partial charge in [0.05, 0.1) is 18.3 Å². The lowest BCUT2D eigenvalue weighted by atomic mass is 9.94. The van der Waals surface area contributed by atoms with Gasteiger partial charge in [0.15, 0.2) is 0 Å². The number of carbonyl (C=O) groups is 1. The second-order valence-corrected chi connectivity index (χ2v) is 5.80. The zero-order valence-corrected chi connectivity index (χ0v) is 14.1. The summed E-state index contributed by atoms with van der Waals surface area (Å²) in [5.41, 5.74) is -0.731. The van der Waals surface area contributed by atoms with E-state index >= 15 is 0 Å². The Morgan fingerprint density at radius 1 is 1.40 bits per heavy atom. The van der Waals surface area contributed by atoms with Crippen molar-refractivity contribution in [2.24, 2.45) is 0 Å². The van der Waals surface area contributed by atoms with E-state index in [-0.39, 0.29) is 17.0 Å². The van der Waals surface area contributed by atoms with Crippen LogP contribution in [-0.2, 0) is 15.7 Å². The van der Waals surface area contributed by atoms with Gasteiger partial charge >= 0.3 is 12.1 Å². The Morgan fingerprint density at radius 2 is 2.12 bits per heavy atom. The van der Waals surface area contributed by atoms with Gasteiger partial charge in [-0.25, -0.2) is 9.78 Å². The summed E-state index contributed by atoms with van der Waals surface area (Å²) < 4.78 is 48.3. The molecule has 0 spiro atoms. The Bertz CT molecular complexity index is 714. The van der Waals surface area contributed by atoms with E-state index in [2.05, 4.69) is 15.0 Å². The normalized spacial score (nSPS) is 20.2. The fourth-order valence-electron chi connectivity index (χ4n) is 2.25. The first-order chi connectivity index (χ1) is 11.7. The van der Waals surface area contributed by atoms with Gasteiger partial charge in [-0.3, -0.25) is 0 Å². The molecule has 1 aliphatic carbocycles. The fourth-order valence-corrected chi connectivity index (χ4v) is 2.25. The molecule has 1 N–H and O–H groups in total. The molecular weight excluding hydrogens is 337 g/mol. The number of carbonyl (C=O) groups excluding carboxylic acids is 1. The number of rotatable bonds is 5. The molecule has 0 aliphatic heterocycles. The highest BCUT2D eigenvalue weighted by Gasteiger charge is 2.32. The van der Waals surface area contributed by atoms with Gasteiger partial charge in [0.2, 0.25) is 0 Å². The average molecular weight is 356 g/mol. The van der Waals surface area contributed by atoms with Gasteiger partial charge in [0, 0.05) is 19.9 Å². The second kappa shape index (κ2) is 7.26. The first-order valence-corrected chi connectivity index (χ1v) is 7.51. The van der Waals surface area contributed by atoms with Crippen LogP contribution in [0.1, 0.15) is 29.3 Å². The zero-order valence-electron chi connectivity index (χ0n) is 14.1. The summed E-state index contributed by atoms with van der Waals surface area (Å²) in [6, 6.07) is 0.730. The molecule has 1 unspecified atom stereocenters. The standard InChI is InChI=1S/C17H19F3N2O3/c1-16(25-3)6-4-11(5-7-16)9-21-14-13(15(23)24-2)8-12(10-22-14)17(18,19)20/h4-6,8,10H,7,9H2,1-3H3,(H,21,22). The number of hydrogen-bond acceptors (Lipinski definition) is 5. The van der Waals surface area contributed by atoms with Crippen molar-refractivity contribution in [1.82, 2.24) is 4.98 Å². The van der Waals surface area contributed by atoms with Crippen LogP contribution in [0.4, 0.5) is 19.0 Å². The number of aromatic nitrogens is 1. The Balaban J connectivity index is 2.17. The molecule has 1 heterocycles. The number of nitrogens with zero attached hydrogens (tertiary/aromatic N) is 1. The molecule has 0 amide bonds. The second-order valence-electron chi connectivity index (χ2n) is 5.80. The smallest absolute Gasteiger partial charge is 0.417 e. The van der Waals surface area contributed by atoms with Crippen molar-refractivity contribution < 1.29 is 27.4 Å². The summed E-state index contributed by atoms with van der Waals surface area (Å²) in [6.07, 6.45) is 2.49. The van der Waals surface area contributed by atoms with Crippen LogP contribution >= 0.6 is 0 Å². The molecular formula is C17H19F3N2O3. The average Bonchev–Trinajstić information content (AvgIpc) is 2.59. The van der Waals surface area contributed by atoms with E-state index in [4.69, 9.17) is 4.74 Å². The van der Waals surface area contributed by atoms with Crippen LogP contribution in [0.5, 0.6) is 0 Å². The maximum atomic E-state index is 12.8. The van der Waals surface area contributed by atoms with Crippen LogP contribution in [-0.4, -0.2) is 37.3 Å². The minimum atomic E-state index is -4.59. The molecule has 25 heavy (non-hydrogen) atoms. The maximum absolute atomic E-state index is 12.8. The number of halogens is 3. The third-order valence-corrected chi connectivity index (χ3v) is 3.97. The largest absolute Gasteiger partial charge is 0.465 e. The molecule has 0 bridgehead atoms. The molecule has 8 heteroatoms. The third kappa shape index (κ3) is 4.60. The van der Waals surface area contributed by atoms with E-state index in [1.165, 1.54) is 0 Å². The highest BCUT2D eigenvalue weighted by Crippen LogP contribution is 2.31. The first kappa shape index (κ1) is 19.0. The number of alkyl halides is 3. The van der Waals surface area contributed by atoms with E-state index < -0.39 is 17.7 Å². The highest BCUT2D eigenvalue weighted by molar-refractivity contribution is 5.94. The lowest BCUT2D eigenvalue weighted by Crippen LogP contribution is -2.26.